The molecule has 0 bridgehead atoms. The maximum Gasteiger partial charge on any atom is 0.311 e. The number of ether oxygens (including phenoxy) is 1. The van der Waals surface area contributed by atoms with Crippen LogP contribution in [0.2, 0.25) is 0 Å². The van der Waals surface area contributed by atoms with Gasteiger partial charge in [0.25, 0.3) is 5.91 Å². The number of nitro benzene ring substituents is 1. The van der Waals surface area contributed by atoms with Gasteiger partial charge in [0.1, 0.15) is 0 Å². The first kappa shape index (κ1) is 15.2. The highest BCUT2D eigenvalue weighted by atomic mass is 16.6. The molecule has 0 aliphatic carbocycles. The lowest BCUT2D eigenvalue weighted by molar-refractivity contribution is -0.385. The van der Waals surface area contributed by atoms with Crippen molar-refractivity contribution in [1.82, 2.24) is 10.2 Å². The summed E-state index contributed by atoms with van der Waals surface area (Å²) in [7, 11) is 2.90. The number of hydrogen-bond acceptors (Lipinski definition) is 6. The lowest BCUT2D eigenvalue weighted by atomic mass is 10.1. The summed E-state index contributed by atoms with van der Waals surface area (Å²) in [4.78, 5) is 24.2. The van der Waals surface area contributed by atoms with Crippen LogP contribution in [0.5, 0.6) is 5.75 Å². The van der Waals surface area contributed by atoms with Crippen molar-refractivity contribution in [1.29, 1.82) is 0 Å². The average Bonchev–Trinajstić information content (AvgIpc) is 2.91. The van der Waals surface area contributed by atoms with Gasteiger partial charge < -0.3 is 20.1 Å². The molecular formula is C13H17N3O5. The third-order valence-electron chi connectivity index (χ3n) is 3.59. The van der Waals surface area contributed by atoms with Gasteiger partial charge in [-0.1, -0.05) is 0 Å². The van der Waals surface area contributed by atoms with Crippen LogP contribution in [0.4, 0.5) is 5.69 Å². The van der Waals surface area contributed by atoms with Crippen molar-refractivity contribution >= 4 is 11.6 Å². The molecule has 2 atom stereocenters. The normalized spacial score (nSPS) is 21.1. The smallest absolute Gasteiger partial charge is 0.311 e. The van der Waals surface area contributed by atoms with Crippen molar-refractivity contribution in [3.63, 3.8) is 0 Å². The minimum absolute atomic E-state index is 0.0989. The van der Waals surface area contributed by atoms with Gasteiger partial charge >= 0.3 is 5.69 Å². The van der Waals surface area contributed by atoms with Gasteiger partial charge in [0.05, 0.1) is 24.2 Å². The standard InChI is InChI=1S/C13H17N3O5/c1-15(10-6-14-7-11(10)17)13(18)8-3-4-12(21-2)9(5-8)16(19)20/h3-5,10-11,14,17H,6-7H2,1-2H3/t10-,11-/m0/s1. The lowest BCUT2D eigenvalue weighted by Crippen LogP contribution is -2.44. The minimum atomic E-state index is -0.646. The molecule has 1 fully saturated rings. The summed E-state index contributed by atoms with van der Waals surface area (Å²) in [5, 5.41) is 23.8. The first-order valence-electron chi connectivity index (χ1n) is 6.44. The lowest BCUT2D eigenvalue weighted by Gasteiger charge is -2.26. The number of nitro groups is 1. The molecule has 1 heterocycles. The van der Waals surface area contributed by atoms with Crippen LogP contribution >= 0.6 is 0 Å². The van der Waals surface area contributed by atoms with E-state index in [1.165, 1.54) is 30.2 Å². The highest BCUT2D eigenvalue weighted by Gasteiger charge is 2.32. The quantitative estimate of drug-likeness (QED) is 0.599. The van der Waals surface area contributed by atoms with Crippen molar-refractivity contribution in [2.75, 3.05) is 27.2 Å². The summed E-state index contributed by atoms with van der Waals surface area (Å²) in [6.07, 6.45) is -0.646. The maximum absolute atomic E-state index is 12.4. The maximum atomic E-state index is 12.4. The van der Waals surface area contributed by atoms with Crippen LogP contribution in [0.1, 0.15) is 10.4 Å². The zero-order valence-electron chi connectivity index (χ0n) is 11.8. The van der Waals surface area contributed by atoms with Crippen LogP contribution in [0.15, 0.2) is 18.2 Å². The molecular weight excluding hydrogens is 278 g/mol. The molecule has 0 unspecified atom stereocenters. The van der Waals surface area contributed by atoms with Crippen molar-refractivity contribution in [3.8, 4) is 5.75 Å². The fourth-order valence-electron chi connectivity index (χ4n) is 2.37. The van der Waals surface area contributed by atoms with Gasteiger partial charge in [-0.2, -0.15) is 0 Å². The molecule has 0 saturated carbocycles. The third kappa shape index (κ3) is 2.96. The molecule has 1 amide bonds. The Balaban J connectivity index is 2.26. The molecule has 1 saturated heterocycles. The van der Waals surface area contributed by atoms with Crippen LogP contribution in [-0.2, 0) is 0 Å². The molecule has 21 heavy (non-hydrogen) atoms. The molecule has 0 spiro atoms. The highest BCUT2D eigenvalue weighted by Crippen LogP contribution is 2.28. The number of aliphatic hydroxyl groups is 1. The molecule has 8 heteroatoms. The van der Waals surface area contributed by atoms with E-state index in [0.717, 1.165) is 0 Å². The predicted molar refractivity (Wildman–Crippen MR) is 74.4 cm³/mol. The number of β-amino-alcohol motifs (C(OH)–C–C–N with tert-alkyl or cyclic N) is 1. The number of carbonyl (C=O) groups is 1. The van der Waals surface area contributed by atoms with Crippen molar-refractivity contribution in [3.05, 3.63) is 33.9 Å². The summed E-state index contributed by atoms with van der Waals surface area (Å²) >= 11 is 0. The SMILES string of the molecule is COc1ccc(C(=O)N(C)[C@H]2CNC[C@@H]2O)cc1[N+](=O)[O-]. The first-order valence-corrected chi connectivity index (χ1v) is 6.44. The van der Waals surface area contributed by atoms with E-state index < -0.39 is 11.0 Å². The number of carbonyl (C=O) groups excluding carboxylic acids is 1. The Hall–Kier alpha value is -2.19. The van der Waals surface area contributed by atoms with Crippen LogP contribution < -0.4 is 10.1 Å². The minimum Gasteiger partial charge on any atom is -0.490 e. The molecule has 1 aliphatic heterocycles. The Bertz CT molecular complexity index is 563. The zero-order valence-corrected chi connectivity index (χ0v) is 11.8. The van der Waals surface area contributed by atoms with Crippen LogP contribution in [0, 0.1) is 10.1 Å². The van der Waals surface area contributed by atoms with E-state index >= 15 is 0 Å². The number of nitrogens with zero attached hydrogens (tertiary/aromatic N) is 2. The van der Waals surface area contributed by atoms with E-state index in [2.05, 4.69) is 5.32 Å². The Morgan fingerprint density at radius 3 is 2.76 bits per heavy atom. The second-order valence-corrected chi connectivity index (χ2v) is 4.85. The number of rotatable bonds is 4. The van der Waals surface area contributed by atoms with Gasteiger partial charge in [-0.15, -0.1) is 0 Å². The second-order valence-electron chi connectivity index (χ2n) is 4.85. The number of aliphatic hydroxyl groups excluding tert-OH is 1. The Morgan fingerprint density at radius 2 is 2.24 bits per heavy atom. The predicted octanol–water partition coefficient (Wildman–Crippen LogP) is 0.00810. The molecule has 0 radical (unpaired) electrons. The van der Waals surface area contributed by atoms with E-state index in [0.29, 0.717) is 13.1 Å². The number of amides is 1. The summed E-state index contributed by atoms with van der Waals surface area (Å²) in [5.41, 5.74) is -0.0778. The van der Waals surface area contributed by atoms with E-state index in [1.807, 2.05) is 0 Å². The summed E-state index contributed by atoms with van der Waals surface area (Å²) in [6, 6.07) is 3.70. The zero-order chi connectivity index (χ0) is 15.6. The van der Waals surface area contributed by atoms with E-state index in [9.17, 15) is 20.0 Å². The Morgan fingerprint density at radius 1 is 1.52 bits per heavy atom. The fourth-order valence-corrected chi connectivity index (χ4v) is 2.37. The summed E-state index contributed by atoms with van der Waals surface area (Å²) in [6.45, 7) is 0.909. The highest BCUT2D eigenvalue weighted by molar-refractivity contribution is 5.95. The number of methoxy groups -OCH3 is 1. The molecule has 114 valence electrons. The van der Waals surface area contributed by atoms with E-state index in [4.69, 9.17) is 4.74 Å². The molecule has 2 rings (SSSR count). The van der Waals surface area contributed by atoms with Crippen molar-refractivity contribution in [2.24, 2.45) is 0 Å². The first-order chi connectivity index (χ1) is 9.95. The summed E-state index contributed by atoms with van der Waals surface area (Å²) < 4.78 is 4.90. The largest absolute Gasteiger partial charge is 0.490 e. The molecule has 1 aliphatic rings. The van der Waals surface area contributed by atoms with Gasteiger partial charge in [-0.25, -0.2) is 0 Å². The molecule has 0 aromatic heterocycles. The molecule has 1 aromatic rings. The number of nitrogens with one attached hydrogen (secondary N) is 1. The Kier molecular flexibility index (Phi) is 4.39. The van der Waals surface area contributed by atoms with Gasteiger partial charge in [0, 0.05) is 31.8 Å². The second kappa shape index (κ2) is 6.06. The van der Waals surface area contributed by atoms with Gasteiger partial charge in [0.2, 0.25) is 0 Å². The van der Waals surface area contributed by atoms with Crippen molar-refractivity contribution < 1.29 is 19.6 Å². The van der Waals surface area contributed by atoms with Crippen molar-refractivity contribution in [2.45, 2.75) is 12.1 Å². The number of likely N-dealkylation sites (N-methyl/N-ethyl adjacent to an activating group) is 1. The van der Waals surface area contributed by atoms with Gasteiger partial charge in [0.15, 0.2) is 5.75 Å². The van der Waals surface area contributed by atoms with Crippen LogP contribution in [-0.4, -0.2) is 60.2 Å². The third-order valence-corrected chi connectivity index (χ3v) is 3.59. The molecule has 8 nitrogen and oxygen atoms in total. The Labute approximate surface area is 121 Å². The van der Waals surface area contributed by atoms with E-state index in [-0.39, 0.29) is 28.9 Å². The summed E-state index contributed by atoms with van der Waals surface area (Å²) in [5.74, 6) is -0.282. The average molecular weight is 295 g/mol. The fraction of sp³-hybridized carbons (Fsp3) is 0.462. The van der Waals surface area contributed by atoms with E-state index in [1.54, 1.807) is 7.05 Å². The topological polar surface area (TPSA) is 105 Å². The monoisotopic (exact) mass is 295 g/mol. The number of hydrogen-bond donors (Lipinski definition) is 2. The van der Waals surface area contributed by atoms with Crippen LogP contribution in [0.3, 0.4) is 0 Å². The van der Waals surface area contributed by atoms with Gasteiger partial charge in [-0.05, 0) is 12.1 Å². The molecule has 2 N–H and O–H groups in total. The molecule has 1 aromatic carbocycles. The van der Waals surface area contributed by atoms with Gasteiger partial charge in [-0.3, -0.25) is 14.9 Å². The number of benzene rings is 1. The van der Waals surface area contributed by atoms with Crippen LogP contribution in [0.25, 0.3) is 0 Å².